The Morgan fingerprint density at radius 2 is 2.06 bits per heavy atom. The highest BCUT2D eigenvalue weighted by Crippen LogP contribution is 2.36. The van der Waals surface area contributed by atoms with E-state index in [0.29, 0.717) is 5.75 Å². The van der Waals surface area contributed by atoms with Gasteiger partial charge in [0, 0.05) is 11.6 Å². The average molecular weight is 298 g/mol. The molecular weight excluding hydrogens is 278 g/mol. The minimum Gasteiger partial charge on any atom is -0.506 e. The van der Waals surface area contributed by atoms with Crippen molar-refractivity contribution in [3.8, 4) is 5.75 Å². The van der Waals surface area contributed by atoms with Gasteiger partial charge in [0.15, 0.2) is 0 Å². The van der Waals surface area contributed by atoms with Crippen molar-refractivity contribution in [1.29, 1.82) is 0 Å². The van der Waals surface area contributed by atoms with Gasteiger partial charge in [-0.3, -0.25) is 0 Å². The smallest absolute Gasteiger partial charge is 0.133 e. The number of halogens is 1. The lowest BCUT2D eigenvalue weighted by Gasteiger charge is -2.17. The Balaban J connectivity index is 2.49. The molecule has 2 nitrogen and oxygen atoms in total. The fraction of sp³-hybridized carbons (Fsp3) is 0.571. The number of hydrogen-bond acceptors (Lipinski definition) is 2. The van der Waals surface area contributed by atoms with Gasteiger partial charge >= 0.3 is 0 Å². The van der Waals surface area contributed by atoms with Crippen molar-refractivity contribution in [2.75, 3.05) is 0 Å². The fourth-order valence-corrected chi connectivity index (χ4v) is 3.18. The van der Waals surface area contributed by atoms with Gasteiger partial charge in [-0.05, 0) is 72.2 Å². The predicted molar refractivity (Wildman–Crippen MR) is 74.4 cm³/mol. The second kappa shape index (κ2) is 5.40. The van der Waals surface area contributed by atoms with Gasteiger partial charge in [0.1, 0.15) is 5.75 Å². The van der Waals surface area contributed by atoms with E-state index < -0.39 is 0 Å². The summed E-state index contributed by atoms with van der Waals surface area (Å²) in [6, 6.07) is 2.17. The summed E-state index contributed by atoms with van der Waals surface area (Å²) < 4.78 is 0.814. The van der Waals surface area contributed by atoms with Gasteiger partial charge in [-0.15, -0.1) is 0 Å². The Morgan fingerprint density at radius 1 is 1.35 bits per heavy atom. The van der Waals surface area contributed by atoms with Crippen molar-refractivity contribution in [2.45, 2.75) is 51.5 Å². The van der Waals surface area contributed by atoms with Crippen molar-refractivity contribution in [2.24, 2.45) is 5.73 Å². The molecular formula is C14H20BrNO. The monoisotopic (exact) mass is 297 g/mol. The molecule has 3 heteroatoms. The second-order valence-electron chi connectivity index (χ2n) is 5.07. The number of phenols is 1. The predicted octanol–water partition coefficient (Wildman–Crippen LogP) is 3.31. The van der Waals surface area contributed by atoms with Gasteiger partial charge in [0.25, 0.3) is 0 Å². The molecule has 1 aliphatic rings. The molecule has 1 aromatic carbocycles. The Bertz CT molecular complexity index is 415. The first-order chi connectivity index (χ1) is 8.09. The molecule has 0 heterocycles. The number of fused-ring (bicyclic) bond motifs is 1. The van der Waals surface area contributed by atoms with Crippen LogP contribution < -0.4 is 5.73 Å². The summed E-state index contributed by atoms with van der Waals surface area (Å²) in [7, 11) is 0. The van der Waals surface area contributed by atoms with Gasteiger partial charge < -0.3 is 10.8 Å². The highest BCUT2D eigenvalue weighted by atomic mass is 79.9. The first-order valence-electron chi connectivity index (χ1n) is 6.37. The first-order valence-corrected chi connectivity index (χ1v) is 7.16. The molecule has 0 aromatic heterocycles. The molecule has 1 aliphatic carbocycles. The molecule has 0 radical (unpaired) electrons. The number of hydrogen-bond donors (Lipinski definition) is 2. The number of nitrogens with two attached hydrogens (primary N) is 1. The van der Waals surface area contributed by atoms with Crippen molar-refractivity contribution in [3.05, 3.63) is 27.2 Å². The highest BCUT2D eigenvalue weighted by molar-refractivity contribution is 9.10. The van der Waals surface area contributed by atoms with Gasteiger partial charge in [-0.1, -0.05) is 6.42 Å². The summed E-state index contributed by atoms with van der Waals surface area (Å²) in [5, 5.41) is 10.2. The SMILES string of the molecule is CC(N)Cc1c(O)c(Br)cc2c1CCCCC2. The summed E-state index contributed by atoms with van der Waals surface area (Å²) in [5.74, 6) is 0.392. The van der Waals surface area contributed by atoms with Crippen LogP contribution in [0.3, 0.4) is 0 Å². The van der Waals surface area contributed by atoms with E-state index >= 15 is 0 Å². The van der Waals surface area contributed by atoms with Crippen molar-refractivity contribution >= 4 is 15.9 Å². The molecule has 0 saturated carbocycles. The molecule has 94 valence electrons. The lowest BCUT2D eigenvalue weighted by molar-refractivity contribution is 0.460. The molecule has 1 unspecified atom stereocenters. The third-order valence-corrected chi connectivity index (χ3v) is 4.07. The topological polar surface area (TPSA) is 46.2 Å². The van der Waals surface area contributed by atoms with Crippen LogP contribution in [-0.4, -0.2) is 11.1 Å². The van der Waals surface area contributed by atoms with Crippen molar-refractivity contribution < 1.29 is 5.11 Å². The lowest BCUT2D eigenvalue weighted by atomic mass is 9.92. The molecule has 3 N–H and O–H groups in total. The highest BCUT2D eigenvalue weighted by Gasteiger charge is 2.18. The Morgan fingerprint density at radius 3 is 2.76 bits per heavy atom. The summed E-state index contributed by atoms with van der Waals surface area (Å²) in [6.45, 7) is 1.99. The van der Waals surface area contributed by atoms with E-state index in [1.54, 1.807) is 0 Å². The zero-order chi connectivity index (χ0) is 12.4. The Hall–Kier alpha value is -0.540. The summed E-state index contributed by atoms with van der Waals surface area (Å²) >= 11 is 3.45. The maximum atomic E-state index is 10.2. The number of aryl methyl sites for hydroxylation is 1. The number of aromatic hydroxyl groups is 1. The largest absolute Gasteiger partial charge is 0.506 e. The summed E-state index contributed by atoms with van der Waals surface area (Å²) in [6.07, 6.45) is 6.72. The molecule has 0 fully saturated rings. The van der Waals surface area contributed by atoms with Crippen LogP contribution in [0.15, 0.2) is 10.5 Å². The van der Waals surface area contributed by atoms with Crippen LogP contribution in [0.1, 0.15) is 42.9 Å². The summed E-state index contributed by atoms with van der Waals surface area (Å²) in [4.78, 5) is 0. The van der Waals surface area contributed by atoms with Gasteiger partial charge in [-0.2, -0.15) is 0 Å². The van der Waals surface area contributed by atoms with E-state index in [1.165, 1.54) is 30.4 Å². The van der Waals surface area contributed by atoms with E-state index in [4.69, 9.17) is 5.73 Å². The maximum absolute atomic E-state index is 10.2. The van der Waals surface area contributed by atoms with E-state index in [-0.39, 0.29) is 6.04 Å². The normalized spacial score (nSPS) is 17.4. The molecule has 1 aromatic rings. The van der Waals surface area contributed by atoms with Crippen LogP contribution in [0.25, 0.3) is 0 Å². The maximum Gasteiger partial charge on any atom is 0.133 e. The Labute approximate surface area is 111 Å². The van der Waals surface area contributed by atoms with Crippen molar-refractivity contribution in [3.63, 3.8) is 0 Å². The zero-order valence-corrected chi connectivity index (χ0v) is 11.9. The fourth-order valence-electron chi connectivity index (χ4n) is 2.66. The lowest BCUT2D eigenvalue weighted by Crippen LogP contribution is -2.19. The van der Waals surface area contributed by atoms with E-state index in [9.17, 15) is 5.11 Å². The van der Waals surface area contributed by atoms with E-state index in [1.807, 2.05) is 6.92 Å². The van der Waals surface area contributed by atoms with Crippen LogP contribution in [0.4, 0.5) is 0 Å². The second-order valence-corrected chi connectivity index (χ2v) is 5.92. The molecule has 0 spiro atoms. The van der Waals surface area contributed by atoms with Crippen LogP contribution in [0, 0.1) is 0 Å². The Kier molecular flexibility index (Phi) is 4.10. The van der Waals surface area contributed by atoms with Gasteiger partial charge in [0.05, 0.1) is 4.47 Å². The molecule has 0 aliphatic heterocycles. The quantitative estimate of drug-likeness (QED) is 0.823. The third kappa shape index (κ3) is 2.83. The summed E-state index contributed by atoms with van der Waals surface area (Å²) in [5.41, 5.74) is 9.69. The zero-order valence-electron chi connectivity index (χ0n) is 10.3. The van der Waals surface area contributed by atoms with Gasteiger partial charge in [-0.25, -0.2) is 0 Å². The standard InChI is InChI=1S/C14H20BrNO/c1-9(16)7-12-11-6-4-2-3-5-10(11)8-13(15)14(12)17/h8-9,17H,2-7,16H2,1H3. The van der Waals surface area contributed by atoms with Gasteiger partial charge in [0.2, 0.25) is 0 Å². The van der Waals surface area contributed by atoms with Crippen LogP contribution in [0.2, 0.25) is 0 Å². The van der Waals surface area contributed by atoms with Crippen LogP contribution in [0.5, 0.6) is 5.75 Å². The van der Waals surface area contributed by atoms with Crippen LogP contribution in [-0.2, 0) is 19.3 Å². The number of rotatable bonds is 2. The van der Waals surface area contributed by atoms with E-state index in [2.05, 4.69) is 22.0 Å². The molecule has 1 atom stereocenters. The average Bonchev–Trinajstić information content (AvgIpc) is 2.49. The minimum atomic E-state index is 0.0857. The minimum absolute atomic E-state index is 0.0857. The van der Waals surface area contributed by atoms with E-state index in [0.717, 1.165) is 29.3 Å². The van der Waals surface area contributed by atoms with Crippen LogP contribution >= 0.6 is 15.9 Å². The van der Waals surface area contributed by atoms with Crippen molar-refractivity contribution in [1.82, 2.24) is 0 Å². The molecule has 2 rings (SSSR count). The third-order valence-electron chi connectivity index (χ3n) is 3.46. The molecule has 0 saturated heterocycles. The number of phenolic OH excluding ortho intramolecular Hbond substituents is 1. The molecule has 17 heavy (non-hydrogen) atoms. The number of benzene rings is 1. The molecule has 0 bridgehead atoms. The first kappa shape index (κ1) is 12.9. The molecule has 0 amide bonds.